The normalized spacial score (nSPS) is 11.6. The molecule has 0 heterocycles. The molecule has 93 valence electrons. The van der Waals surface area contributed by atoms with E-state index >= 15 is 0 Å². The number of hydrogen-bond donors (Lipinski definition) is 0. The summed E-state index contributed by atoms with van der Waals surface area (Å²) in [4.78, 5) is 0. The summed E-state index contributed by atoms with van der Waals surface area (Å²) in [6.07, 6.45) is 7.80. The summed E-state index contributed by atoms with van der Waals surface area (Å²) >= 11 is 0. The van der Waals surface area contributed by atoms with Gasteiger partial charge in [-0.15, -0.1) is 0 Å². The molecule has 0 bridgehead atoms. The molecule has 0 spiro atoms. The zero-order valence-electron chi connectivity index (χ0n) is 11.3. The van der Waals surface area contributed by atoms with Crippen molar-refractivity contribution in [2.75, 3.05) is 13.1 Å². The molecule has 1 radical (unpaired) electrons. The second-order valence-corrected chi connectivity index (χ2v) is 10.4. The molecule has 0 amide bonds. The van der Waals surface area contributed by atoms with Gasteiger partial charge >= 0.3 is 18.9 Å². The quantitative estimate of drug-likeness (QED) is 0.436. The van der Waals surface area contributed by atoms with Gasteiger partial charge in [-0.05, 0) is 25.9 Å². The Morgan fingerprint density at radius 2 is 1.50 bits per heavy atom. The van der Waals surface area contributed by atoms with Crippen molar-refractivity contribution in [1.29, 1.82) is 0 Å². The van der Waals surface area contributed by atoms with Gasteiger partial charge in [0, 0.05) is 0 Å². The first-order valence-electron chi connectivity index (χ1n) is 6.56. The first-order valence-corrected chi connectivity index (χ1v) is 10.0. The second-order valence-electron chi connectivity index (χ2n) is 5.43. The van der Waals surface area contributed by atoms with Crippen LogP contribution in [0.3, 0.4) is 0 Å². The Morgan fingerprint density at radius 1 is 0.938 bits per heavy atom. The van der Waals surface area contributed by atoms with Crippen molar-refractivity contribution >= 4 is 27.1 Å². The van der Waals surface area contributed by atoms with Crippen LogP contribution in [0.1, 0.15) is 45.4 Å². The van der Waals surface area contributed by atoms with Crippen LogP contribution >= 0.6 is 0 Å². The van der Waals surface area contributed by atoms with E-state index in [1.807, 2.05) is 0 Å². The van der Waals surface area contributed by atoms with E-state index in [4.69, 9.17) is 0 Å². The van der Waals surface area contributed by atoms with Crippen LogP contribution in [0.5, 0.6) is 0 Å². The molecule has 0 aromatic heterocycles. The fourth-order valence-corrected chi connectivity index (χ4v) is 3.45. The minimum atomic E-state index is -1.07. The molecule has 0 aromatic rings. The van der Waals surface area contributed by atoms with Crippen molar-refractivity contribution in [3.8, 4) is 0 Å². The Hall–Kier alpha value is 0.774. The number of nitrogens with zero attached hydrogens (tertiary/aromatic N) is 1. The molecule has 0 aliphatic heterocycles. The average molecular weight is 236 g/mol. The topological polar surface area (TPSA) is 3.24 Å². The van der Waals surface area contributed by atoms with E-state index in [1.165, 1.54) is 45.2 Å². The number of unbranched alkanes of at least 4 members (excludes halogenated alkanes) is 4. The second kappa shape index (κ2) is 10.9. The van der Waals surface area contributed by atoms with Gasteiger partial charge in [0.15, 0.2) is 0 Å². The van der Waals surface area contributed by atoms with Crippen LogP contribution in [0.2, 0.25) is 19.6 Å². The monoisotopic (exact) mass is 236 g/mol. The van der Waals surface area contributed by atoms with E-state index in [1.54, 1.807) is 0 Å². The van der Waals surface area contributed by atoms with Gasteiger partial charge in [-0.3, -0.25) is 0 Å². The zero-order valence-corrected chi connectivity index (χ0v) is 12.3. The van der Waals surface area contributed by atoms with E-state index < -0.39 is 8.24 Å². The fourth-order valence-electron chi connectivity index (χ4n) is 1.79. The third kappa shape index (κ3) is 9.96. The van der Waals surface area contributed by atoms with Crippen molar-refractivity contribution in [2.24, 2.45) is 0 Å². The summed E-state index contributed by atoms with van der Waals surface area (Å²) in [6.45, 7) is 16.2. The van der Waals surface area contributed by atoms with E-state index in [9.17, 15) is 0 Å². The van der Waals surface area contributed by atoms with Crippen molar-refractivity contribution in [2.45, 2.75) is 65.1 Å². The van der Waals surface area contributed by atoms with Crippen LogP contribution in [0.15, 0.2) is 0 Å². The third-order valence-electron chi connectivity index (χ3n) is 2.91. The van der Waals surface area contributed by atoms with Gasteiger partial charge < -0.3 is 4.57 Å². The molecule has 0 fully saturated rings. The molecular weight excluding hydrogens is 205 g/mol. The van der Waals surface area contributed by atoms with E-state index in [2.05, 4.69) is 38.1 Å². The first-order chi connectivity index (χ1) is 7.02. The predicted octanol–water partition coefficient (Wildman–Crippen LogP) is 3.67. The van der Waals surface area contributed by atoms with Crippen molar-refractivity contribution < 1.29 is 0 Å². The predicted molar refractivity (Wildman–Crippen MR) is 80.8 cm³/mol. The minimum absolute atomic E-state index is 0. The van der Waals surface area contributed by atoms with Crippen LogP contribution in [0.25, 0.3) is 0 Å². The van der Waals surface area contributed by atoms with E-state index in [-0.39, 0.29) is 18.9 Å². The Bertz CT molecular complexity index is 145. The third-order valence-corrected chi connectivity index (χ3v) is 5.25. The van der Waals surface area contributed by atoms with Gasteiger partial charge in [0.1, 0.15) is 8.24 Å². The van der Waals surface area contributed by atoms with Gasteiger partial charge in [0.25, 0.3) is 0 Å². The van der Waals surface area contributed by atoms with E-state index in [0.717, 1.165) is 6.42 Å². The van der Waals surface area contributed by atoms with Crippen LogP contribution in [-0.4, -0.2) is 44.8 Å². The average Bonchev–Trinajstić information content (AvgIpc) is 2.15. The standard InChI is InChI=1S/C13H30NSi.Li.H/c1-6-8-10-11-13-14(12-9-7-2)15(3,4)5;;/h1,6-13H2,2-5H3;;. The summed E-state index contributed by atoms with van der Waals surface area (Å²) in [6, 6.07) is 0. The summed E-state index contributed by atoms with van der Waals surface area (Å²) in [7, 11) is -1.07. The molecule has 0 saturated heterocycles. The zero-order chi connectivity index (χ0) is 11.7. The Morgan fingerprint density at radius 3 is 1.94 bits per heavy atom. The molecule has 0 saturated carbocycles. The molecule has 3 heteroatoms. The van der Waals surface area contributed by atoms with Crippen molar-refractivity contribution in [3.63, 3.8) is 0 Å². The van der Waals surface area contributed by atoms with Crippen molar-refractivity contribution in [1.82, 2.24) is 4.57 Å². The van der Waals surface area contributed by atoms with Crippen molar-refractivity contribution in [3.05, 3.63) is 6.92 Å². The van der Waals surface area contributed by atoms with Gasteiger partial charge in [-0.25, -0.2) is 0 Å². The Kier molecular flexibility index (Phi) is 13.0. The van der Waals surface area contributed by atoms with Gasteiger partial charge in [0.05, 0.1) is 0 Å². The summed E-state index contributed by atoms with van der Waals surface area (Å²) in [5.74, 6) is 0. The fraction of sp³-hybridized carbons (Fsp3) is 0.923. The van der Waals surface area contributed by atoms with Crippen LogP contribution in [-0.2, 0) is 0 Å². The number of hydrogen-bond acceptors (Lipinski definition) is 1. The Balaban J connectivity index is 0. The molecule has 0 N–H and O–H groups in total. The summed E-state index contributed by atoms with van der Waals surface area (Å²) in [5, 5.41) is 0. The molecule has 1 nitrogen and oxygen atoms in total. The molecule has 0 aliphatic carbocycles. The van der Waals surface area contributed by atoms with Gasteiger partial charge in [-0.2, -0.15) is 0 Å². The molecule has 0 atom stereocenters. The van der Waals surface area contributed by atoms with Gasteiger partial charge in [0.2, 0.25) is 0 Å². The molecule has 0 unspecified atom stereocenters. The molecule has 0 rings (SSSR count). The Labute approximate surface area is 117 Å². The first kappa shape index (κ1) is 19.1. The van der Waals surface area contributed by atoms with Gasteiger partial charge in [-0.1, -0.05) is 59.2 Å². The maximum absolute atomic E-state index is 3.90. The van der Waals surface area contributed by atoms with Crippen LogP contribution < -0.4 is 0 Å². The molecular formula is C13H31LiNSi. The summed E-state index contributed by atoms with van der Waals surface area (Å²) < 4.78 is 2.76. The van der Waals surface area contributed by atoms with E-state index in [0.29, 0.717) is 0 Å². The summed E-state index contributed by atoms with van der Waals surface area (Å²) in [5.41, 5.74) is 0. The molecule has 0 aliphatic rings. The maximum atomic E-state index is 3.90. The molecule has 16 heavy (non-hydrogen) atoms. The van der Waals surface area contributed by atoms with Crippen LogP contribution in [0, 0.1) is 6.92 Å². The SMILES string of the molecule is [CH2]CCCCCN(CCCC)[Si](C)(C)C.[LiH]. The molecule has 0 aromatic carbocycles. The van der Waals surface area contributed by atoms with Crippen LogP contribution in [0.4, 0.5) is 0 Å². The number of rotatable bonds is 9.